The topological polar surface area (TPSA) is 111 Å². The molecule has 0 aliphatic rings. The van der Waals surface area contributed by atoms with Crippen LogP contribution >= 0.6 is 12.4 Å². The van der Waals surface area contributed by atoms with Crippen LogP contribution in [0.3, 0.4) is 0 Å². The van der Waals surface area contributed by atoms with E-state index in [1.807, 2.05) is 18.2 Å². The number of esters is 1. The van der Waals surface area contributed by atoms with Gasteiger partial charge in [-0.3, -0.25) is 9.59 Å². The number of hydrogen-bond donors (Lipinski definition) is 3. The summed E-state index contributed by atoms with van der Waals surface area (Å²) in [4.78, 5) is 35.9. The number of benzene rings is 2. The molecule has 0 fully saturated rings. The lowest BCUT2D eigenvalue weighted by Crippen LogP contribution is -2.39. The second kappa shape index (κ2) is 11.7. The van der Waals surface area contributed by atoms with E-state index in [1.165, 1.54) is 0 Å². The minimum Gasteiger partial charge on any atom is -0.464 e. The predicted molar refractivity (Wildman–Crippen MR) is 115 cm³/mol. The van der Waals surface area contributed by atoms with Crippen LogP contribution in [0.1, 0.15) is 36.2 Å². The number of hydrogen-bond acceptors (Lipinski definition) is 5. The summed E-state index contributed by atoms with van der Waals surface area (Å²) in [5.74, 6) is -1.02. The molecule has 0 aliphatic carbocycles. The second-order valence-corrected chi connectivity index (χ2v) is 6.27. The van der Waals surface area contributed by atoms with Crippen molar-refractivity contribution in [3.05, 3.63) is 59.7 Å². The van der Waals surface area contributed by atoms with Crippen molar-refractivity contribution in [3.8, 4) is 0 Å². The number of rotatable bonds is 8. The number of anilines is 2. The van der Waals surface area contributed by atoms with Gasteiger partial charge in [0.1, 0.15) is 6.04 Å². The van der Waals surface area contributed by atoms with E-state index in [4.69, 9.17) is 10.5 Å². The lowest BCUT2D eigenvalue weighted by atomic mass is 10.1. The fourth-order valence-electron chi connectivity index (χ4n) is 2.54. The number of carbonyl (C=O) groups is 3. The smallest absolute Gasteiger partial charge is 0.328 e. The Balaban J connectivity index is 0.00000420. The first-order valence-electron chi connectivity index (χ1n) is 9.11. The van der Waals surface area contributed by atoms with Crippen LogP contribution in [0.2, 0.25) is 0 Å². The Bertz CT molecular complexity index is 840. The molecule has 4 N–H and O–H groups in total. The van der Waals surface area contributed by atoms with Crippen molar-refractivity contribution in [1.82, 2.24) is 5.32 Å². The molecule has 1 atom stereocenters. The summed E-state index contributed by atoms with van der Waals surface area (Å²) < 4.78 is 4.86. The molecule has 0 spiro atoms. The number of aryl methyl sites for hydroxylation is 1. The average Bonchev–Trinajstić information content (AvgIpc) is 2.68. The van der Waals surface area contributed by atoms with E-state index in [1.54, 1.807) is 44.2 Å². The van der Waals surface area contributed by atoms with E-state index < -0.39 is 17.9 Å². The highest BCUT2D eigenvalue weighted by molar-refractivity contribution is 5.97. The van der Waals surface area contributed by atoms with Gasteiger partial charge in [0, 0.05) is 23.4 Å². The molecule has 0 aliphatic heterocycles. The zero-order valence-corrected chi connectivity index (χ0v) is 17.3. The predicted octanol–water partition coefficient (Wildman–Crippen LogP) is 2.94. The van der Waals surface area contributed by atoms with Crippen LogP contribution in [0.4, 0.5) is 11.4 Å². The third kappa shape index (κ3) is 7.46. The summed E-state index contributed by atoms with van der Waals surface area (Å²) in [5.41, 5.74) is 8.44. The van der Waals surface area contributed by atoms with Crippen LogP contribution in [0.15, 0.2) is 48.5 Å². The number of halogens is 1. The van der Waals surface area contributed by atoms with Gasteiger partial charge in [-0.05, 0) is 56.2 Å². The highest BCUT2D eigenvalue weighted by atomic mass is 35.5. The summed E-state index contributed by atoms with van der Waals surface area (Å²) in [6.07, 6.45) is 0.845. The Morgan fingerprint density at radius 1 is 1.07 bits per heavy atom. The summed E-state index contributed by atoms with van der Waals surface area (Å²) in [7, 11) is 0. The standard InChI is InChI=1S/C21H25N3O4.ClH/c1-3-28-21(27)14(2)23-20(26)16-8-11-17(12-9-16)24-19(25)13-10-15-6-4-5-7-18(15)22;/h4-9,11-12,14H,3,10,13,22H2,1-2H3,(H,23,26)(H,24,25);1H. The molecule has 2 rings (SSSR count). The molecule has 0 bridgehead atoms. The molecule has 8 heteroatoms. The van der Waals surface area contributed by atoms with E-state index in [9.17, 15) is 14.4 Å². The van der Waals surface area contributed by atoms with E-state index in [0.717, 1.165) is 5.56 Å². The van der Waals surface area contributed by atoms with Gasteiger partial charge in [-0.15, -0.1) is 12.4 Å². The first-order chi connectivity index (χ1) is 13.4. The first kappa shape index (κ1) is 24.0. The lowest BCUT2D eigenvalue weighted by molar-refractivity contribution is -0.144. The van der Waals surface area contributed by atoms with Crippen molar-refractivity contribution >= 4 is 41.6 Å². The normalized spacial score (nSPS) is 11.0. The van der Waals surface area contributed by atoms with Crippen LogP contribution in [0, 0.1) is 0 Å². The molecule has 0 saturated carbocycles. The fraction of sp³-hybridized carbons (Fsp3) is 0.286. The molecule has 1 unspecified atom stereocenters. The van der Waals surface area contributed by atoms with E-state index in [0.29, 0.717) is 29.8 Å². The maximum absolute atomic E-state index is 12.2. The second-order valence-electron chi connectivity index (χ2n) is 6.27. The zero-order chi connectivity index (χ0) is 20.5. The number of carbonyl (C=O) groups excluding carboxylic acids is 3. The molecule has 29 heavy (non-hydrogen) atoms. The SMILES string of the molecule is CCOC(=O)C(C)NC(=O)c1ccc(NC(=O)CCc2ccccc2N)cc1.Cl. The van der Waals surface area contributed by atoms with Gasteiger partial charge in [-0.25, -0.2) is 4.79 Å². The fourth-order valence-corrected chi connectivity index (χ4v) is 2.54. The summed E-state index contributed by atoms with van der Waals surface area (Å²) in [6.45, 7) is 3.52. The zero-order valence-electron chi connectivity index (χ0n) is 16.4. The lowest BCUT2D eigenvalue weighted by Gasteiger charge is -2.13. The summed E-state index contributed by atoms with van der Waals surface area (Å²) in [5, 5.41) is 5.36. The highest BCUT2D eigenvalue weighted by Gasteiger charge is 2.17. The number of nitrogens with two attached hydrogens (primary N) is 1. The molecule has 2 amide bonds. The van der Waals surface area contributed by atoms with Crippen molar-refractivity contribution in [2.75, 3.05) is 17.7 Å². The van der Waals surface area contributed by atoms with Gasteiger partial charge in [0.05, 0.1) is 6.61 Å². The van der Waals surface area contributed by atoms with Crippen LogP contribution in [-0.2, 0) is 20.7 Å². The third-order valence-corrected chi connectivity index (χ3v) is 4.10. The van der Waals surface area contributed by atoms with E-state index in [2.05, 4.69) is 10.6 Å². The van der Waals surface area contributed by atoms with Gasteiger partial charge >= 0.3 is 5.97 Å². The molecule has 0 radical (unpaired) electrons. The Morgan fingerprint density at radius 3 is 2.34 bits per heavy atom. The molecule has 0 saturated heterocycles. The number of nitrogens with one attached hydrogen (secondary N) is 2. The minimum absolute atomic E-state index is 0. The maximum Gasteiger partial charge on any atom is 0.328 e. The molecular formula is C21H26ClN3O4. The summed E-state index contributed by atoms with van der Waals surface area (Å²) in [6, 6.07) is 13.1. The van der Waals surface area contributed by atoms with Crippen LogP contribution in [0.5, 0.6) is 0 Å². The number of amides is 2. The van der Waals surface area contributed by atoms with E-state index in [-0.39, 0.29) is 24.9 Å². The Kier molecular flexibility index (Phi) is 9.68. The van der Waals surface area contributed by atoms with Crippen molar-refractivity contribution in [2.24, 2.45) is 0 Å². The minimum atomic E-state index is -0.739. The Hall–Kier alpha value is -3.06. The van der Waals surface area contributed by atoms with Gasteiger partial charge in [0.2, 0.25) is 5.91 Å². The molecular weight excluding hydrogens is 394 g/mol. The number of para-hydroxylation sites is 1. The highest BCUT2D eigenvalue weighted by Crippen LogP contribution is 2.14. The molecule has 2 aromatic rings. The quantitative estimate of drug-likeness (QED) is 0.450. The molecule has 2 aromatic carbocycles. The van der Waals surface area contributed by atoms with Crippen molar-refractivity contribution in [1.29, 1.82) is 0 Å². The third-order valence-electron chi connectivity index (χ3n) is 4.10. The molecule has 0 heterocycles. The Labute approximate surface area is 176 Å². The van der Waals surface area contributed by atoms with Crippen LogP contribution < -0.4 is 16.4 Å². The number of ether oxygens (including phenoxy) is 1. The van der Waals surface area contributed by atoms with Gasteiger partial charge in [0.25, 0.3) is 5.91 Å². The van der Waals surface area contributed by atoms with Gasteiger partial charge in [0.15, 0.2) is 0 Å². The average molecular weight is 420 g/mol. The first-order valence-corrected chi connectivity index (χ1v) is 9.11. The molecule has 0 aromatic heterocycles. The van der Waals surface area contributed by atoms with Crippen LogP contribution in [0.25, 0.3) is 0 Å². The molecule has 156 valence electrons. The van der Waals surface area contributed by atoms with Gasteiger partial charge < -0.3 is 21.1 Å². The number of nitrogen functional groups attached to an aromatic ring is 1. The summed E-state index contributed by atoms with van der Waals surface area (Å²) >= 11 is 0. The van der Waals surface area contributed by atoms with E-state index >= 15 is 0 Å². The van der Waals surface area contributed by atoms with Gasteiger partial charge in [-0.2, -0.15) is 0 Å². The van der Waals surface area contributed by atoms with Crippen molar-refractivity contribution in [3.63, 3.8) is 0 Å². The molecule has 7 nitrogen and oxygen atoms in total. The Morgan fingerprint density at radius 2 is 1.72 bits per heavy atom. The largest absolute Gasteiger partial charge is 0.464 e. The monoisotopic (exact) mass is 419 g/mol. The maximum atomic E-state index is 12.2. The van der Waals surface area contributed by atoms with Crippen molar-refractivity contribution < 1.29 is 19.1 Å². The van der Waals surface area contributed by atoms with Crippen molar-refractivity contribution in [2.45, 2.75) is 32.7 Å². The van der Waals surface area contributed by atoms with Crippen LogP contribution in [-0.4, -0.2) is 30.4 Å². The van der Waals surface area contributed by atoms with Gasteiger partial charge in [-0.1, -0.05) is 18.2 Å².